The summed E-state index contributed by atoms with van der Waals surface area (Å²) in [6, 6.07) is 7.14. The van der Waals surface area contributed by atoms with E-state index < -0.39 is 14.6 Å². The number of sulfone groups is 1. The summed E-state index contributed by atoms with van der Waals surface area (Å²) in [5.74, 6) is -0.299. The summed E-state index contributed by atoms with van der Waals surface area (Å²) in [6.45, 7) is 4.90. The van der Waals surface area contributed by atoms with Crippen LogP contribution in [0.25, 0.3) is 6.08 Å². The molecule has 6 heteroatoms. The van der Waals surface area contributed by atoms with Crippen LogP contribution in [-0.2, 0) is 14.6 Å². The second kappa shape index (κ2) is 6.62. The van der Waals surface area contributed by atoms with Crippen molar-refractivity contribution in [2.75, 3.05) is 12.8 Å². The van der Waals surface area contributed by atoms with Crippen LogP contribution in [0.1, 0.15) is 26.3 Å². The molecule has 0 aromatic heterocycles. The second-order valence-electron chi connectivity index (χ2n) is 5.60. The standard InChI is InChI=1S/C15H20ClNO3S/c1-11(8-12-6-5-7-13(16)9-12)14(18)17-10-15(2,3)21(4,19)20/h5-9H,10H2,1-4H3,(H,17,18)/b11-8-. The summed E-state index contributed by atoms with van der Waals surface area (Å²) in [6.07, 6.45) is 2.86. The molecule has 0 spiro atoms. The molecule has 0 fully saturated rings. The molecule has 1 amide bonds. The van der Waals surface area contributed by atoms with E-state index in [1.807, 2.05) is 6.07 Å². The molecule has 1 N–H and O–H groups in total. The molecule has 0 aliphatic carbocycles. The summed E-state index contributed by atoms with van der Waals surface area (Å²) in [4.78, 5) is 12.0. The Labute approximate surface area is 131 Å². The predicted octanol–water partition coefficient (Wildman–Crippen LogP) is 2.68. The van der Waals surface area contributed by atoms with Crippen molar-refractivity contribution >= 4 is 33.4 Å². The van der Waals surface area contributed by atoms with Gasteiger partial charge in [0.1, 0.15) is 0 Å². The number of halogens is 1. The van der Waals surface area contributed by atoms with Gasteiger partial charge in [0.05, 0.1) is 4.75 Å². The summed E-state index contributed by atoms with van der Waals surface area (Å²) in [7, 11) is -3.24. The fourth-order valence-electron chi connectivity index (χ4n) is 1.48. The maximum absolute atomic E-state index is 12.0. The number of hydrogen-bond acceptors (Lipinski definition) is 3. The molecule has 0 saturated carbocycles. The van der Waals surface area contributed by atoms with Crippen molar-refractivity contribution in [3.8, 4) is 0 Å². The van der Waals surface area contributed by atoms with Crippen LogP contribution in [0.4, 0.5) is 0 Å². The zero-order chi connectivity index (χ0) is 16.3. The molecule has 0 bridgehead atoms. The Morgan fingerprint density at radius 3 is 2.52 bits per heavy atom. The highest BCUT2D eigenvalue weighted by Gasteiger charge is 2.30. The number of carbonyl (C=O) groups excluding carboxylic acids is 1. The van der Waals surface area contributed by atoms with Crippen molar-refractivity contribution in [2.45, 2.75) is 25.5 Å². The van der Waals surface area contributed by atoms with Gasteiger partial charge in [-0.25, -0.2) is 8.42 Å². The Balaban J connectivity index is 2.76. The molecular formula is C15H20ClNO3S. The Kier molecular flexibility index (Phi) is 5.59. The summed E-state index contributed by atoms with van der Waals surface area (Å²) >= 11 is 5.88. The fraction of sp³-hybridized carbons (Fsp3) is 0.400. The third-order valence-electron chi connectivity index (χ3n) is 3.27. The molecular weight excluding hydrogens is 310 g/mol. The monoisotopic (exact) mass is 329 g/mol. The van der Waals surface area contributed by atoms with Gasteiger partial charge in [0.2, 0.25) is 5.91 Å². The topological polar surface area (TPSA) is 63.2 Å². The molecule has 1 aromatic carbocycles. The van der Waals surface area contributed by atoms with Gasteiger partial charge in [-0.3, -0.25) is 4.79 Å². The summed E-state index contributed by atoms with van der Waals surface area (Å²) < 4.78 is 22.2. The Morgan fingerprint density at radius 1 is 1.38 bits per heavy atom. The number of carbonyl (C=O) groups is 1. The van der Waals surface area contributed by atoms with Gasteiger partial charge in [-0.1, -0.05) is 23.7 Å². The number of rotatable bonds is 5. The predicted molar refractivity (Wildman–Crippen MR) is 87.0 cm³/mol. The van der Waals surface area contributed by atoms with E-state index >= 15 is 0 Å². The molecule has 1 aromatic rings. The number of nitrogens with one attached hydrogen (secondary N) is 1. The molecule has 0 heterocycles. The van der Waals surface area contributed by atoms with Gasteiger partial charge in [-0.15, -0.1) is 0 Å². The third kappa shape index (κ3) is 5.17. The molecule has 0 atom stereocenters. The van der Waals surface area contributed by atoms with Gasteiger partial charge in [-0.2, -0.15) is 0 Å². The zero-order valence-corrected chi connectivity index (χ0v) is 14.2. The van der Waals surface area contributed by atoms with E-state index in [-0.39, 0.29) is 12.5 Å². The SMILES string of the molecule is C/C(=C/c1cccc(Cl)c1)C(=O)NCC(C)(C)S(C)(=O)=O. The first-order valence-corrected chi connectivity index (χ1v) is 8.71. The maximum atomic E-state index is 12.0. The largest absolute Gasteiger partial charge is 0.351 e. The molecule has 116 valence electrons. The van der Waals surface area contributed by atoms with Crippen molar-refractivity contribution in [1.29, 1.82) is 0 Å². The van der Waals surface area contributed by atoms with Crippen LogP contribution < -0.4 is 5.32 Å². The van der Waals surface area contributed by atoms with Crippen molar-refractivity contribution in [3.63, 3.8) is 0 Å². The second-order valence-corrected chi connectivity index (χ2v) is 8.68. The molecule has 0 saturated heterocycles. The van der Waals surface area contributed by atoms with Gasteiger partial charge in [-0.05, 0) is 44.5 Å². The lowest BCUT2D eigenvalue weighted by molar-refractivity contribution is -0.117. The highest BCUT2D eigenvalue weighted by molar-refractivity contribution is 7.92. The Hall–Kier alpha value is -1.33. The first-order chi connectivity index (χ1) is 9.53. The minimum atomic E-state index is -3.24. The normalized spacial score (nSPS) is 13.1. The van der Waals surface area contributed by atoms with Crippen molar-refractivity contribution in [1.82, 2.24) is 5.32 Å². The lowest BCUT2D eigenvalue weighted by Gasteiger charge is -2.22. The maximum Gasteiger partial charge on any atom is 0.246 e. The first-order valence-electron chi connectivity index (χ1n) is 6.44. The van der Waals surface area contributed by atoms with Crippen molar-refractivity contribution in [3.05, 3.63) is 40.4 Å². The Bertz CT molecular complexity index is 663. The van der Waals surface area contributed by atoms with Crippen LogP contribution in [0, 0.1) is 0 Å². The van der Waals surface area contributed by atoms with E-state index in [1.165, 1.54) is 0 Å². The van der Waals surface area contributed by atoms with Crippen LogP contribution >= 0.6 is 11.6 Å². The van der Waals surface area contributed by atoms with E-state index in [0.717, 1.165) is 11.8 Å². The molecule has 1 rings (SSSR count). The van der Waals surface area contributed by atoms with E-state index in [0.29, 0.717) is 10.6 Å². The van der Waals surface area contributed by atoms with Crippen LogP contribution in [-0.4, -0.2) is 31.9 Å². The molecule has 0 unspecified atom stereocenters. The number of benzene rings is 1. The van der Waals surface area contributed by atoms with E-state index in [4.69, 9.17) is 11.6 Å². The van der Waals surface area contributed by atoms with Gasteiger partial charge in [0, 0.05) is 23.4 Å². The quantitative estimate of drug-likeness (QED) is 0.845. The van der Waals surface area contributed by atoms with Crippen LogP contribution in [0.15, 0.2) is 29.8 Å². The summed E-state index contributed by atoms with van der Waals surface area (Å²) in [5.41, 5.74) is 1.30. The van der Waals surface area contributed by atoms with Crippen LogP contribution in [0.5, 0.6) is 0 Å². The minimum Gasteiger partial charge on any atom is -0.351 e. The van der Waals surface area contributed by atoms with Gasteiger partial charge in [0.25, 0.3) is 0 Å². The van der Waals surface area contributed by atoms with Gasteiger partial charge >= 0.3 is 0 Å². The number of amides is 1. The smallest absolute Gasteiger partial charge is 0.246 e. The molecule has 0 radical (unpaired) electrons. The molecule has 0 aliphatic rings. The fourth-order valence-corrected chi connectivity index (χ4v) is 2.01. The van der Waals surface area contributed by atoms with Gasteiger partial charge in [0.15, 0.2) is 9.84 Å². The lowest BCUT2D eigenvalue weighted by atomic mass is 10.1. The highest BCUT2D eigenvalue weighted by Crippen LogP contribution is 2.15. The van der Waals surface area contributed by atoms with Crippen LogP contribution in [0.3, 0.4) is 0 Å². The third-order valence-corrected chi connectivity index (χ3v) is 5.66. The molecule has 4 nitrogen and oxygen atoms in total. The van der Waals surface area contributed by atoms with E-state index in [1.54, 1.807) is 45.0 Å². The summed E-state index contributed by atoms with van der Waals surface area (Å²) in [5, 5.41) is 3.24. The molecule has 0 aliphatic heterocycles. The lowest BCUT2D eigenvalue weighted by Crippen LogP contribution is -2.43. The number of hydrogen-bond donors (Lipinski definition) is 1. The Morgan fingerprint density at radius 2 is 2.00 bits per heavy atom. The van der Waals surface area contributed by atoms with Crippen LogP contribution in [0.2, 0.25) is 5.02 Å². The van der Waals surface area contributed by atoms with Crippen molar-refractivity contribution in [2.24, 2.45) is 0 Å². The molecule has 21 heavy (non-hydrogen) atoms. The van der Waals surface area contributed by atoms with Gasteiger partial charge < -0.3 is 5.32 Å². The zero-order valence-electron chi connectivity index (χ0n) is 12.6. The first kappa shape index (κ1) is 17.7. The van der Waals surface area contributed by atoms with E-state index in [2.05, 4.69) is 5.32 Å². The highest BCUT2D eigenvalue weighted by atomic mass is 35.5. The van der Waals surface area contributed by atoms with Crippen molar-refractivity contribution < 1.29 is 13.2 Å². The average molecular weight is 330 g/mol. The average Bonchev–Trinajstić information content (AvgIpc) is 2.34. The van der Waals surface area contributed by atoms with E-state index in [9.17, 15) is 13.2 Å². The minimum absolute atomic E-state index is 0.0609.